The molecule has 3 rings (SSSR count). The summed E-state index contributed by atoms with van der Waals surface area (Å²) in [7, 11) is 0. The molecule has 1 atom stereocenters. The Morgan fingerprint density at radius 3 is 2.35 bits per heavy atom. The maximum absolute atomic E-state index is 10.2. The zero-order valence-electron chi connectivity index (χ0n) is 14.3. The molecule has 1 N–H and O–H groups in total. The van der Waals surface area contributed by atoms with Gasteiger partial charge in [-0.2, -0.15) is 0 Å². The van der Waals surface area contributed by atoms with Gasteiger partial charge in [0.1, 0.15) is 24.3 Å². The summed E-state index contributed by atoms with van der Waals surface area (Å²) in [5.41, 5.74) is 0. The largest absolute Gasteiger partial charge is 0.491 e. The van der Waals surface area contributed by atoms with Crippen molar-refractivity contribution in [1.29, 1.82) is 0 Å². The van der Waals surface area contributed by atoms with E-state index in [-0.39, 0.29) is 24.8 Å². The van der Waals surface area contributed by atoms with Crippen LogP contribution in [0.25, 0.3) is 0 Å². The molecule has 0 saturated carbocycles. The number of rotatable bonds is 6. The van der Waals surface area contributed by atoms with E-state index < -0.39 is 6.10 Å². The lowest BCUT2D eigenvalue weighted by Crippen LogP contribution is -2.49. The van der Waals surface area contributed by atoms with E-state index in [0.717, 1.165) is 42.2 Å². The molecule has 144 valence electrons. The minimum atomic E-state index is -0.491. The van der Waals surface area contributed by atoms with Crippen LogP contribution in [0.5, 0.6) is 5.75 Å². The first-order chi connectivity index (χ1) is 11.7. The average molecular weight is 465 g/mol. The van der Waals surface area contributed by atoms with Gasteiger partial charge in [-0.05, 0) is 36.4 Å². The number of benzene rings is 1. The molecule has 26 heavy (non-hydrogen) atoms. The van der Waals surface area contributed by atoms with Gasteiger partial charge in [0, 0.05) is 43.4 Å². The molecule has 0 aliphatic carbocycles. The maximum atomic E-state index is 10.2. The minimum Gasteiger partial charge on any atom is -0.491 e. The summed E-state index contributed by atoms with van der Waals surface area (Å²) in [6.07, 6.45) is 1.33. The van der Waals surface area contributed by atoms with E-state index in [9.17, 15) is 5.11 Å². The van der Waals surface area contributed by atoms with Gasteiger partial charge in [0.2, 0.25) is 0 Å². The van der Waals surface area contributed by atoms with Crippen LogP contribution in [0, 0.1) is 0 Å². The third kappa shape index (κ3) is 6.93. The van der Waals surface area contributed by atoms with Crippen LogP contribution < -0.4 is 9.64 Å². The second-order valence-electron chi connectivity index (χ2n) is 5.89. The van der Waals surface area contributed by atoms with Crippen molar-refractivity contribution in [3.05, 3.63) is 53.1 Å². The zero-order chi connectivity index (χ0) is 16.8. The molecule has 0 spiro atoms. The molecule has 1 aliphatic heterocycles. The first-order valence-corrected chi connectivity index (χ1v) is 8.95. The molecule has 0 amide bonds. The Bertz CT molecular complexity index is 626. The van der Waals surface area contributed by atoms with Gasteiger partial charge in [-0.15, -0.1) is 24.8 Å². The standard InChI is InChI=1S/C18H22BrN3O2.2ClH/c19-15-4-6-17(7-5-15)24-14-16(23)13-21-9-11-22(12-10-21)18-3-1-2-8-20-18;;/h1-8,16,23H,9-14H2;2*1H. The van der Waals surface area contributed by atoms with Gasteiger partial charge in [-0.3, -0.25) is 4.90 Å². The highest BCUT2D eigenvalue weighted by Gasteiger charge is 2.20. The van der Waals surface area contributed by atoms with Crippen molar-refractivity contribution < 1.29 is 9.84 Å². The number of aliphatic hydroxyl groups excluding tert-OH is 1. The molecule has 2 aromatic rings. The van der Waals surface area contributed by atoms with Crippen LogP contribution in [0.15, 0.2) is 53.1 Å². The summed E-state index contributed by atoms with van der Waals surface area (Å²) >= 11 is 3.39. The molecule has 8 heteroatoms. The van der Waals surface area contributed by atoms with Gasteiger partial charge >= 0.3 is 0 Å². The van der Waals surface area contributed by atoms with E-state index in [1.165, 1.54) is 0 Å². The van der Waals surface area contributed by atoms with Crippen LogP contribution in [0.2, 0.25) is 0 Å². The molecule has 0 bridgehead atoms. The number of piperazine rings is 1. The van der Waals surface area contributed by atoms with Gasteiger partial charge in [0.05, 0.1) is 0 Å². The highest BCUT2D eigenvalue weighted by molar-refractivity contribution is 9.10. The molecule has 1 unspecified atom stereocenters. The van der Waals surface area contributed by atoms with Crippen molar-refractivity contribution >= 4 is 46.6 Å². The summed E-state index contributed by atoms with van der Waals surface area (Å²) in [5, 5.41) is 10.2. The lowest BCUT2D eigenvalue weighted by molar-refractivity contribution is 0.0662. The lowest BCUT2D eigenvalue weighted by Gasteiger charge is -2.36. The number of β-amino-alcohol motifs (C(OH)–C–C–N with tert-alkyl or cyclic N) is 1. The fraction of sp³-hybridized carbons (Fsp3) is 0.389. The first-order valence-electron chi connectivity index (χ1n) is 8.15. The van der Waals surface area contributed by atoms with Crippen molar-refractivity contribution in [2.75, 3.05) is 44.2 Å². The summed E-state index contributed by atoms with van der Waals surface area (Å²) in [5.74, 6) is 1.80. The minimum absolute atomic E-state index is 0. The van der Waals surface area contributed by atoms with Crippen LogP contribution in [-0.2, 0) is 0 Å². The Hall–Kier alpha value is -1.05. The summed E-state index contributed by atoms with van der Waals surface area (Å²) in [6, 6.07) is 13.6. The third-order valence-corrected chi connectivity index (χ3v) is 4.60. The second-order valence-corrected chi connectivity index (χ2v) is 6.81. The monoisotopic (exact) mass is 463 g/mol. The van der Waals surface area contributed by atoms with Crippen molar-refractivity contribution in [1.82, 2.24) is 9.88 Å². The number of ether oxygens (including phenoxy) is 1. The van der Waals surface area contributed by atoms with Gasteiger partial charge in [0.15, 0.2) is 0 Å². The van der Waals surface area contributed by atoms with Crippen molar-refractivity contribution in [2.24, 2.45) is 0 Å². The number of pyridine rings is 1. The molecular formula is C18H24BrCl2N3O2. The topological polar surface area (TPSA) is 48.8 Å². The molecule has 2 heterocycles. The van der Waals surface area contributed by atoms with E-state index in [4.69, 9.17) is 4.74 Å². The van der Waals surface area contributed by atoms with E-state index in [2.05, 4.69) is 30.7 Å². The number of aliphatic hydroxyl groups is 1. The number of aromatic nitrogens is 1. The van der Waals surface area contributed by atoms with Crippen molar-refractivity contribution in [2.45, 2.75) is 6.10 Å². The van der Waals surface area contributed by atoms with E-state index >= 15 is 0 Å². The molecule has 0 radical (unpaired) electrons. The number of nitrogens with zero attached hydrogens (tertiary/aromatic N) is 3. The Morgan fingerprint density at radius 2 is 1.73 bits per heavy atom. The van der Waals surface area contributed by atoms with E-state index in [0.29, 0.717) is 13.2 Å². The summed E-state index contributed by atoms with van der Waals surface area (Å²) < 4.78 is 6.65. The van der Waals surface area contributed by atoms with Crippen molar-refractivity contribution in [3.8, 4) is 5.75 Å². The van der Waals surface area contributed by atoms with E-state index in [1.54, 1.807) is 0 Å². The predicted molar refractivity (Wildman–Crippen MR) is 113 cm³/mol. The van der Waals surface area contributed by atoms with Crippen LogP contribution in [-0.4, -0.2) is 60.4 Å². The summed E-state index contributed by atoms with van der Waals surface area (Å²) in [4.78, 5) is 8.94. The van der Waals surface area contributed by atoms with Crippen LogP contribution in [0.3, 0.4) is 0 Å². The molecule has 1 aromatic carbocycles. The smallest absolute Gasteiger partial charge is 0.128 e. The van der Waals surface area contributed by atoms with Crippen molar-refractivity contribution in [3.63, 3.8) is 0 Å². The van der Waals surface area contributed by atoms with Crippen LogP contribution >= 0.6 is 40.7 Å². The van der Waals surface area contributed by atoms with Crippen LogP contribution in [0.4, 0.5) is 5.82 Å². The van der Waals surface area contributed by atoms with E-state index in [1.807, 2.05) is 48.7 Å². The Balaban J connectivity index is 0.00000169. The third-order valence-electron chi connectivity index (χ3n) is 4.07. The molecule has 5 nitrogen and oxygen atoms in total. The van der Waals surface area contributed by atoms with Gasteiger partial charge in [-0.25, -0.2) is 4.98 Å². The fourth-order valence-corrected chi connectivity index (χ4v) is 3.04. The highest BCUT2D eigenvalue weighted by atomic mass is 79.9. The maximum Gasteiger partial charge on any atom is 0.128 e. The fourth-order valence-electron chi connectivity index (χ4n) is 2.77. The number of anilines is 1. The molecule has 1 saturated heterocycles. The zero-order valence-corrected chi connectivity index (χ0v) is 17.5. The van der Waals surface area contributed by atoms with Gasteiger partial charge in [0.25, 0.3) is 0 Å². The quantitative estimate of drug-likeness (QED) is 0.710. The summed E-state index contributed by atoms with van der Waals surface area (Å²) in [6.45, 7) is 4.64. The average Bonchev–Trinajstić information content (AvgIpc) is 2.63. The second kappa shape index (κ2) is 11.6. The highest BCUT2D eigenvalue weighted by Crippen LogP contribution is 2.16. The number of hydrogen-bond donors (Lipinski definition) is 1. The van der Waals surface area contributed by atoms with Crippen LogP contribution in [0.1, 0.15) is 0 Å². The molecular weight excluding hydrogens is 441 g/mol. The Morgan fingerprint density at radius 1 is 1.04 bits per heavy atom. The normalized spacial score (nSPS) is 15.5. The van der Waals surface area contributed by atoms with Gasteiger partial charge < -0.3 is 14.7 Å². The SMILES string of the molecule is Cl.Cl.OC(COc1ccc(Br)cc1)CN1CCN(c2ccccn2)CC1. The molecule has 1 aromatic heterocycles. The molecule has 1 aliphatic rings. The number of hydrogen-bond acceptors (Lipinski definition) is 5. The molecule has 1 fully saturated rings. The number of halogens is 3. The Kier molecular flexibility index (Phi) is 10.3. The lowest BCUT2D eigenvalue weighted by atomic mass is 10.2. The predicted octanol–water partition coefficient (Wildman–Crippen LogP) is 3.25. The first kappa shape index (κ1) is 23.0. The Labute approximate surface area is 175 Å². The van der Waals surface area contributed by atoms with Gasteiger partial charge in [-0.1, -0.05) is 22.0 Å².